The summed E-state index contributed by atoms with van der Waals surface area (Å²) in [5, 5.41) is 3.18. The first-order chi connectivity index (χ1) is 13.4. The van der Waals surface area contributed by atoms with Crippen LogP contribution in [0.3, 0.4) is 0 Å². The molecule has 28 heavy (non-hydrogen) atoms. The van der Waals surface area contributed by atoms with Crippen molar-refractivity contribution in [2.24, 2.45) is 5.92 Å². The van der Waals surface area contributed by atoms with Gasteiger partial charge >= 0.3 is 6.03 Å². The number of aryl methyl sites for hydroxylation is 1. The molecule has 1 atom stereocenters. The van der Waals surface area contributed by atoms with Crippen molar-refractivity contribution in [3.63, 3.8) is 0 Å². The van der Waals surface area contributed by atoms with E-state index in [1.165, 1.54) is 5.56 Å². The van der Waals surface area contributed by atoms with Gasteiger partial charge in [-0.2, -0.15) is 0 Å². The molecule has 3 rings (SSSR count). The molecule has 2 aromatic rings. The Balaban J connectivity index is 1.71. The molecular formula is C23H30N2O3. The predicted octanol–water partition coefficient (Wildman–Crippen LogP) is 4.70. The smallest absolute Gasteiger partial charge is 0.317 e. The topological polar surface area (TPSA) is 50.8 Å². The number of benzene rings is 2. The zero-order valence-electron chi connectivity index (χ0n) is 17.2. The molecule has 0 radical (unpaired) electrons. The van der Waals surface area contributed by atoms with Gasteiger partial charge in [0, 0.05) is 20.0 Å². The van der Waals surface area contributed by atoms with E-state index in [-0.39, 0.29) is 18.0 Å². The highest BCUT2D eigenvalue weighted by Crippen LogP contribution is 2.34. The van der Waals surface area contributed by atoms with Crippen LogP contribution in [-0.2, 0) is 6.54 Å². The summed E-state index contributed by atoms with van der Waals surface area (Å²) in [5.74, 6) is 1.76. The van der Waals surface area contributed by atoms with Gasteiger partial charge in [-0.25, -0.2) is 4.79 Å². The molecule has 5 nitrogen and oxygen atoms in total. The summed E-state index contributed by atoms with van der Waals surface area (Å²) < 4.78 is 11.5. The van der Waals surface area contributed by atoms with E-state index in [2.05, 4.69) is 50.4 Å². The van der Waals surface area contributed by atoms with Crippen molar-refractivity contribution in [1.29, 1.82) is 0 Å². The molecule has 0 unspecified atom stereocenters. The molecule has 1 N–H and O–H groups in total. The predicted molar refractivity (Wildman–Crippen MR) is 111 cm³/mol. The fourth-order valence-electron chi connectivity index (χ4n) is 3.29. The van der Waals surface area contributed by atoms with Gasteiger partial charge in [-0.1, -0.05) is 49.7 Å². The van der Waals surface area contributed by atoms with Gasteiger partial charge in [-0.3, -0.25) is 0 Å². The molecule has 0 saturated carbocycles. The molecule has 5 heteroatoms. The molecule has 0 fully saturated rings. The summed E-state index contributed by atoms with van der Waals surface area (Å²) in [4.78, 5) is 14.5. The Labute approximate surface area is 167 Å². The zero-order valence-corrected chi connectivity index (χ0v) is 17.2. The van der Waals surface area contributed by atoms with Crippen molar-refractivity contribution < 1.29 is 14.3 Å². The molecule has 2 aromatic carbocycles. The first-order valence-electron chi connectivity index (χ1n) is 9.91. The van der Waals surface area contributed by atoms with E-state index in [4.69, 9.17) is 9.47 Å². The van der Waals surface area contributed by atoms with Crippen molar-refractivity contribution >= 4 is 6.03 Å². The van der Waals surface area contributed by atoms with Crippen LogP contribution >= 0.6 is 0 Å². The van der Waals surface area contributed by atoms with Crippen LogP contribution in [0.2, 0.25) is 0 Å². The molecule has 0 aromatic heterocycles. The highest BCUT2D eigenvalue weighted by molar-refractivity contribution is 5.74. The van der Waals surface area contributed by atoms with Crippen molar-refractivity contribution in [2.45, 2.75) is 39.8 Å². The second kappa shape index (κ2) is 9.00. The lowest BCUT2D eigenvalue weighted by Gasteiger charge is -2.27. The average Bonchev–Trinajstić information content (AvgIpc) is 2.92. The van der Waals surface area contributed by atoms with Crippen LogP contribution in [0.5, 0.6) is 11.5 Å². The molecular weight excluding hydrogens is 352 g/mol. The number of ether oxygens (including phenoxy) is 2. The lowest BCUT2D eigenvalue weighted by atomic mass is 9.95. The maximum absolute atomic E-state index is 12.8. The molecule has 0 spiro atoms. The fourth-order valence-corrected chi connectivity index (χ4v) is 3.29. The molecule has 2 amide bonds. The summed E-state index contributed by atoms with van der Waals surface area (Å²) in [6, 6.07) is 14.0. The van der Waals surface area contributed by atoms with Crippen LogP contribution in [0.15, 0.2) is 42.5 Å². The number of nitrogens with zero attached hydrogens (tertiary/aromatic N) is 1. The van der Waals surface area contributed by atoms with Gasteiger partial charge in [0.15, 0.2) is 11.5 Å². The van der Waals surface area contributed by atoms with E-state index in [0.29, 0.717) is 19.8 Å². The van der Waals surface area contributed by atoms with Gasteiger partial charge in [0.05, 0.1) is 19.3 Å². The van der Waals surface area contributed by atoms with E-state index in [0.717, 1.165) is 29.0 Å². The number of hydrogen-bond acceptors (Lipinski definition) is 3. The number of carbonyl (C=O) groups is 1. The van der Waals surface area contributed by atoms with E-state index in [1.54, 1.807) is 4.90 Å². The Hall–Kier alpha value is -2.69. The summed E-state index contributed by atoms with van der Waals surface area (Å²) in [7, 11) is 1.82. The third-order valence-corrected chi connectivity index (χ3v) is 4.96. The molecule has 0 saturated heterocycles. The molecule has 0 aliphatic carbocycles. The number of amides is 2. The van der Waals surface area contributed by atoms with Gasteiger partial charge < -0.3 is 19.7 Å². The second-order valence-corrected chi connectivity index (χ2v) is 7.77. The van der Waals surface area contributed by atoms with Crippen LogP contribution in [0, 0.1) is 12.8 Å². The SMILES string of the molecule is Cc1ccc(CN(C)C(=O)N[C@@H](c2ccc3c(c2)OCCCO3)C(C)C)cc1. The first kappa shape index (κ1) is 20.1. The van der Waals surface area contributed by atoms with E-state index >= 15 is 0 Å². The van der Waals surface area contributed by atoms with Crippen LogP contribution in [0.4, 0.5) is 4.79 Å². The van der Waals surface area contributed by atoms with Gasteiger partial charge in [-0.05, 0) is 36.1 Å². The summed E-state index contributed by atoms with van der Waals surface area (Å²) in [5.41, 5.74) is 3.35. The largest absolute Gasteiger partial charge is 0.490 e. The first-order valence-corrected chi connectivity index (χ1v) is 9.91. The van der Waals surface area contributed by atoms with E-state index < -0.39 is 0 Å². The van der Waals surface area contributed by atoms with E-state index in [1.807, 2.05) is 25.2 Å². The second-order valence-electron chi connectivity index (χ2n) is 7.77. The standard InChI is InChI=1S/C23H30N2O3/c1-16(2)22(19-10-11-20-21(14-19)28-13-5-12-27-20)24-23(26)25(4)15-18-8-6-17(3)7-9-18/h6-11,14,16,22H,5,12-13,15H2,1-4H3,(H,24,26)/t22-/m1/s1. The number of rotatable bonds is 5. The minimum Gasteiger partial charge on any atom is -0.490 e. The minimum atomic E-state index is -0.106. The van der Waals surface area contributed by atoms with Crippen LogP contribution in [0.25, 0.3) is 0 Å². The van der Waals surface area contributed by atoms with Gasteiger partial charge in [0.2, 0.25) is 0 Å². The maximum atomic E-state index is 12.8. The molecule has 1 aliphatic rings. The van der Waals surface area contributed by atoms with Gasteiger partial charge in [0.25, 0.3) is 0 Å². The number of nitrogens with one attached hydrogen (secondary N) is 1. The molecule has 1 aliphatic heterocycles. The average molecular weight is 383 g/mol. The summed E-state index contributed by atoms with van der Waals surface area (Å²) in [6.45, 7) is 8.15. The molecule has 150 valence electrons. The van der Waals surface area contributed by atoms with Crippen molar-refractivity contribution in [3.8, 4) is 11.5 Å². The van der Waals surface area contributed by atoms with Crippen molar-refractivity contribution in [1.82, 2.24) is 10.2 Å². The number of fused-ring (bicyclic) bond motifs is 1. The highest BCUT2D eigenvalue weighted by Gasteiger charge is 2.22. The van der Waals surface area contributed by atoms with Crippen LogP contribution in [-0.4, -0.2) is 31.2 Å². The zero-order chi connectivity index (χ0) is 20.1. The molecule has 1 heterocycles. The van der Waals surface area contributed by atoms with Crippen molar-refractivity contribution in [3.05, 3.63) is 59.2 Å². The highest BCUT2D eigenvalue weighted by atomic mass is 16.5. The Bertz CT molecular complexity index is 802. The lowest BCUT2D eigenvalue weighted by Crippen LogP contribution is -2.40. The summed E-state index contributed by atoms with van der Waals surface area (Å²) >= 11 is 0. The fraction of sp³-hybridized carbons (Fsp3) is 0.435. The number of carbonyl (C=O) groups excluding carboxylic acids is 1. The maximum Gasteiger partial charge on any atom is 0.317 e. The van der Waals surface area contributed by atoms with Gasteiger partial charge in [0.1, 0.15) is 0 Å². The third-order valence-electron chi connectivity index (χ3n) is 4.96. The monoisotopic (exact) mass is 382 g/mol. The van der Waals surface area contributed by atoms with E-state index in [9.17, 15) is 4.79 Å². The number of hydrogen-bond donors (Lipinski definition) is 1. The minimum absolute atomic E-state index is 0.0913. The quantitative estimate of drug-likeness (QED) is 0.816. The summed E-state index contributed by atoms with van der Waals surface area (Å²) in [6.07, 6.45) is 0.873. The Morgan fingerprint density at radius 3 is 2.43 bits per heavy atom. The van der Waals surface area contributed by atoms with Crippen LogP contribution in [0.1, 0.15) is 43.0 Å². The third kappa shape index (κ3) is 4.97. The Morgan fingerprint density at radius 1 is 1.07 bits per heavy atom. The van der Waals surface area contributed by atoms with Crippen LogP contribution < -0.4 is 14.8 Å². The Morgan fingerprint density at radius 2 is 1.75 bits per heavy atom. The number of urea groups is 1. The normalized spacial score (nSPS) is 14.3. The lowest BCUT2D eigenvalue weighted by molar-refractivity contribution is 0.198. The van der Waals surface area contributed by atoms with Crippen molar-refractivity contribution in [2.75, 3.05) is 20.3 Å². The molecule has 0 bridgehead atoms. The van der Waals surface area contributed by atoms with Gasteiger partial charge in [-0.15, -0.1) is 0 Å². The Kier molecular flexibility index (Phi) is 6.45.